The topological polar surface area (TPSA) is 85.6 Å². The van der Waals surface area contributed by atoms with Gasteiger partial charge in [0.1, 0.15) is 0 Å². The predicted octanol–water partition coefficient (Wildman–Crippen LogP) is 1.73. The molecule has 1 aromatic heterocycles. The predicted molar refractivity (Wildman–Crippen MR) is 113 cm³/mol. The van der Waals surface area contributed by atoms with Crippen LogP contribution in [0.4, 0.5) is 0 Å². The fourth-order valence-electron chi connectivity index (χ4n) is 6.20. The molecule has 5 atom stereocenters. The molecule has 3 aliphatic rings. The summed E-state index contributed by atoms with van der Waals surface area (Å²) in [5, 5.41) is 11.2. The lowest BCUT2D eigenvalue weighted by atomic mass is 9.72. The van der Waals surface area contributed by atoms with E-state index in [-0.39, 0.29) is 18.6 Å². The minimum atomic E-state index is -0.525. The van der Waals surface area contributed by atoms with Crippen LogP contribution in [0.2, 0.25) is 0 Å². The Hall–Kier alpha value is -1.89. The van der Waals surface area contributed by atoms with Crippen LogP contribution in [0.5, 0.6) is 0 Å². The molecule has 6 nitrogen and oxygen atoms in total. The number of para-hydroxylation sites is 1. The number of aliphatic hydroxyl groups is 1. The SMILES string of the molecule is N[C@H](Cc1c[nH]c2ccccc12)C(=O)N1C[C@H]2C[C@@H](C1)[C@H](CO)N1CCCC[C@@H]21. The molecule has 5 rings (SSSR count). The Bertz CT molecular complexity index is 867. The molecular weight excluding hydrogens is 364 g/mol. The van der Waals surface area contributed by atoms with Crippen LogP contribution in [0.25, 0.3) is 10.9 Å². The first-order chi connectivity index (χ1) is 14.2. The van der Waals surface area contributed by atoms with Gasteiger partial charge in [-0.3, -0.25) is 9.69 Å². The van der Waals surface area contributed by atoms with E-state index in [0.29, 0.717) is 24.3 Å². The number of carbonyl (C=O) groups is 1. The van der Waals surface area contributed by atoms with Gasteiger partial charge in [-0.2, -0.15) is 0 Å². The Morgan fingerprint density at radius 1 is 1.24 bits per heavy atom. The third kappa shape index (κ3) is 3.37. The fraction of sp³-hybridized carbons (Fsp3) is 0.609. The number of aromatic amines is 1. The molecule has 3 fully saturated rings. The molecule has 156 valence electrons. The molecule has 0 unspecified atom stereocenters. The van der Waals surface area contributed by atoms with Gasteiger partial charge < -0.3 is 20.7 Å². The van der Waals surface area contributed by atoms with Crippen LogP contribution in [0, 0.1) is 11.8 Å². The highest BCUT2D eigenvalue weighted by Gasteiger charge is 2.47. The number of nitrogens with two attached hydrogens (primary N) is 1. The molecule has 4 N–H and O–H groups in total. The summed E-state index contributed by atoms with van der Waals surface area (Å²) in [5.41, 5.74) is 8.60. The molecule has 3 saturated heterocycles. The number of hydrogen-bond donors (Lipinski definition) is 3. The number of amides is 1. The van der Waals surface area contributed by atoms with Crippen LogP contribution in [0.1, 0.15) is 31.2 Å². The number of benzene rings is 1. The summed E-state index contributed by atoms with van der Waals surface area (Å²) in [6.45, 7) is 2.83. The summed E-state index contributed by atoms with van der Waals surface area (Å²) in [4.78, 5) is 21.1. The van der Waals surface area contributed by atoms with Gasteiger partial charge in [-0.15, -0.1) is 0 Å². The van der Waals surface area contributed by atoms with Gasteiger partial charge >= 0.3 is 0 Å². The van der Waals surface area contributed by atoms with Gasteiger partial charge in [-0.25, -0.2) is 0 Å². The molecule has 2 bridgehead atoms. The highest BCUT2D eigenvalue weighted by molar-refractivity contribution is 5.86. The quantitative estimate of drug-likeness (QED) is 0.735. The molecule has 29 heavy (non-hydrogen) atoms. The molecule has 3 aliphatic heterocycles. The summed E-state index contributed by atoms with van der Waals surface area (Å²) in [7, 11) is 0. The van der Waals surface area contributed by atoms with Gasteiger partial charge in [0.15, 0.2) is 0 Å². The molecule has 0 aliphatic carbocycles. The lowest BCUT2D eigenvalue weighted by Gasteiger charge is -2.56. The van der Waals surface area contributed by atoms with E-state index in [0.717, 1.165) is 42.5 Å². The van der Waals surface area contributed by atoms with Crippen LogP contribution < -0.4 is 5.73 Å². The first-order valence-corrected chi connectivity index (χ1v) is 11.1. The Labute approximate surface area is 172 Å². The van der Waals surface area contributed by atoms with Crippen molar-refractivity contribution < 1.29 is 9.90 Å². The van der Waals surface area contributed by atoms with Crippen LogP contribution in [-0.4, -0.2) is 70.2 Å². The van der Waals surface area contributed by atoms with Gasteiger partial charge in [0.2, 0.25) is 5.91 Å². The molecule has 0 saturated carbocycles. The summed E-state index contributed by atoms with van der Waals surface area (Å²) >= 11 is 0. The molecule has 4 heterocycles. The number of likely N-dealkylation sites (tertiary alicyclic amines) is 1. The maximum atomic E-state index is 13.3. The van der Waals surface area contributed by atoms with Crippen molar-refractivity contribution in [3.05, 3.63) is 36.0 Å². The van der Waals surface area contributed by atoms with Crippen molar-refractivity contribution in [1.29, 1.82) is 0 Å². The second-order valence-electron chi connectivity index (χ2n) is 9.22. The highest BCUT2D eigenvalue weighted by atomic mass is 16.3. The smallest absolute Gasteiger partial charge is 0.239 e. The van der Waals surface area contributed by atoms with E-state index in [1.807, 2.05) is 29.3 Å². The minimum absolute atomic E-state index is 0.0610. The average Bonchev–Trinajstić information content (AvgIpc) is 3.16. The first-order valence-electron chi connectivity index (χ1n) is 11.1. The number of H-pyrrole nitrogens is 1. The van der Waals surface area contributed by atoms with Crippen molar-refractivity contribution in [3.63, 3.8) is 0 Å². The number of piperidine rings is 3. The molecule has 1 aromatic carbocycles. The van der Waals surface area contributed by atoms with Gasteiger partial charge in [0.25, 0.3) is 0 Å². The second-order valence-corrected chi connectivity index (χ2v) is 9.22. The number of rotatable bonds is 4. The van der Waals surface area contributed by atoms with Crippen LogP contribution in [-0.2, 0) is 11.2 Å². The van der Waals surface area contributed by atoms with Crippen molar-refractivity contribution in [2.45, 2.75) is 50.2 Å². The monoisotopic (exact) mass is 396 g/mol. The van der Waals surface area contributed by atoms with E-state index in [1.54, 1.807) is 0 Å². The largest absolute Gasteiger partial charge is 0.395 e. The molecule has 1 amide bonds. The van der Waals surface area contributed by atoms with E-state index in [4.69, 9.17) is 5.73 Å². The maximum Gasteiger partial charge on any atom is 0.239 e. The van der Waals surface area contributed by atoms with E-state index < -0.39 is 6.04 Å². The van der Waals surface area contributed by atoms with E-state index in [1.165, 1.54) is 19.3 Å². The van der Waals surface area contributed by atoms with Crippen molar-refractivity contribution in [1.82, 2.24) is 14.8 Å². The Morgan fingerprint density at radius 3 is 2.93 bits per heavy atom. The zero-order chi connectivity index (χ0) is 20.0. The standard InChI is InChI=1S/C23H32N4O2/c24-19(10-15-11-25-20-6-2-1-5-18(15)20)23(29)26-12-16-9-17(13-26)22(14-28)27-8-4-3-7-21(16)27/h1-2,5-6,11,16-17,19,21-22,25,28H,3-4,7-10,12-14,24H2/t16-,17+,19-,21+,22+/m1/s1. The second kappa shape index (κ2) is 7.74. The summed E-state index contributed by atoms with van der Waals surface area (Å²) < 4.78 is 0. The third-order valence-electron chi connectivity index (χ3n) is 7.55. The number of fused-ring (bicyclic) bond motifs is 5. The average molecular weight is 397 g/mol. The maximum absolute atomic E-state index is 13.3. The van der Waals surface area contributed by atoms with E-state index >= 15 is 0 Å². The molecule has 6 heteroatoms. The first kappa shape index (κ1) is 19.1. The van der Waals surface area contributed by atoms with Crippen molar-refractivity contribution in [2.75, 3.05) is 26.2 Å². The van der Waals surface area contributed by atoms with Crippen LogP contribution in [0.15, 0.2) is 30.5 Å². The Morgan fingerprint density at radius 2 is 2.07 bits per heavy atom. The van der Waals surface area contributed by atoms with Gasteiger partial charge in [-0.05, 0) is 55.7 Å². The number of carbonyl (C=O) groups excluding carboxylic acids is 1. The van der Waals surface area contributed by atoms with Gasteiger partial charge in [-0.1, -0.05) is 24.6 Å². The number of nitrogens with one attached hydrogen (secondary N) is 1. The van der Waals surface area contributed by atoms with Crippen molar-refractivity contribution in [3.8, 4) is 0 Å². The molecular formula is C23H32N4O2. The molecule has 2 aromatic rings. The van der Waals surface area contributed by atoms with Gasteiger partial charge in [0.05, 0.1) is 12.6 Å². The van der Waals surface area contributed by atoms with Gasteiger partial charge in [0, 0.05) is 42.3 Å². The number of aliphatic hydroxyl groups excluding tert-OH is 1. The zero-order valence-corrected chi connectivity index (χ0v) is 17.0. The Balaban J connectivity index is 1.31. The number of nitrogens with zero attached hydrogens (tertiary/aromatic N) is 2. The number of aromatic nitrogens is 1. The van der Waals surface area contributed by atoms with Crippen molar-refractivity contribution >= 4 is 16.8 Å². The summed E-state index contributed by atoms with van der Waals surface area (Å²) in [5.74, 6) is 0.935. The van der Waals surface area contributed by atoms with Crippen molar-refractivity contribution in [2.24, 2.45) is 17.6 Å². The zero-order valence-electron chi connectivity index (χ0n) is 17.0. The summed E-state index contributed by atoms with van der Waals surface area (Å²) in [6.07, 6.45) is 7.34. The molecule has 0 spiro atoms. The summed E-state index contributed by atoms with van der Waals surface area (Å²) in [6, 6.07) is 8.32. The third-order valence-corrected chi connectivity index (χ3v) is 7.55. The van der Waals surface area contributed by atoms with E-state index in [2.05, 4.69) is 16.0 Å². The minimum Gasteiger partial charge on any atom is -0.395 e. The van der Waals surface area contributed by atoms with Crippen LogP contribution >= 0.6 is 0 Å². The molecule has 0 radical (unpaired) electrons. The Kier molecular flexibility index (Phi) is 5.10. The van der Waals surface area contributed by atoms with E-state index in [9.17, 15) is 9.90 Å². The normalized spacial score (nSPS) is 30.9. The highest BCUT2D eigenvalue weighted by Crippen LogP contribution is 2.41. The lowest BCUT2D eigenvalue weighted by Crippen LogP contribution is -2.66. The lowest BCUT2D eigenvalue weighted by molar-refractivity contribution is -0.143. The number of hydrogen-bond acceptors (Lipinski definition) is 4. The fourth-order valence-corrected chi connectivity index (χ4v) is 6.20. The van der Waals surface area contributed by atoms with Crippen LogP contribution in [0.3, 0.4) is 0 Å².